The molecule has 1 atom stereocenters. The third-order valence-corrected chi connectivity index (χ3v) is 6.10. The van der Waals surface area contributed by atoms with Crippen molar-refractivity contribution in [3.05, 3.63) is 65.7 Å². The first-order valence-corrected chi connectivity index (χ1v) is 11.3. The predicted octanol–water partition coefficient (Wildman–Crippen LogP) is 3.58. The molecule has 2 fully saturated rings. The van der Waals surface area contributed by atoms with Crippen LogP contribution in [-0.4, -0.2) is 75.4 Å². The number of nitrogens with zero attached hydrogens (tertiary/aromatic N) is 3. The normalized spacial score (nSPS) is 19.5. The third kappa shape index (κ3) is 7.08. The van der Waals surface area contributed by atoms with Gasteiger partial charge in [0.25, 0.3) is 0 Å². The molecule has 1 N–H and O–H groups in total. The zero-order valence-electron chi connectivity index (χ0n) is 18.9. The van der Waals surface area contributed by atoms with E-state index >= 15 is 0 Å². The van der Waals surface area contributed by atoms with Crippen molar-refractivity contribution in [3.8, 4) is 5.75 Å². The molecule has 4 rings (SSSR count). The standard InChI is InChI=1S/C25H34N4O2.HI/c1-26-25(29-11-10-23(20-29)22-7-3-2-4-8-22)27-19-21-6-5-9-24(18-21)31-17-14-28-12-15-30-16-13-28;/h2-9,18,23H,10-17,19-20H2,1H3,(H,26,27);1H. The summed E-state index contributed by atoms with van der Waals surface area (Å²) in [6.07, 6.45) is 1.16. The van der Waals surface area contributed by atoms with Gasteiger partial charge in [-0.25, -0.2) is 0 Å². The molecule has 1 unspecified atom stereocenters. The van der Waals surface area contributed by atoms with Crippen LogP contribution in [0, 0.1) is 0 Å². The Kier molecular flexibility index (Phi) is 10.1. The lowest BCUT2D eigenvalue weighted by Gasteiger charge is -2.26. The first-order chi connectivity index (χ1) is 15.3. The van der Waals surface area contributed by atoms with Gasteiger partial charge in [-0.2, -0.15) is 0 Å². The van der Waals surface area contributed by atoms with E-state index in [-0.39, 0.29) is 24.0 Å². The molecule has 32 heavy (non-hydrogen) atoms. The van der Waals surface area contributed by atoms with Crippen LogP contribution < -0.4 is 10.1 Å². The Labute approximate surface area is 209 Å². The summed E-state index contributed by atoms with van der Waals surface area (Å²) < 4.78 is 11.4. The minimum Gasteiger partial charge on any atom is -0.492 e. The van der Waals surface area contributed by atoms with E-state index in [1.807, 2.05) is 13.1 Å². The van der Waals surface area contributed by atoms with Crippen LogP contribution in [0.4, 0.5) is 0 Å². The first-order valence-electron chi connectivity index (χ1n) is 11.3. The summed E-state index contributed by atoms with van der Waals surface area (Å²) >= 11 is 0. The second-order valence-corrected chi connectivity index (χ2v) is 8.19. The number of hydrogen-bond donors (Lipinski definition) is 1. The van der Waals surface area contributed by atoms with Crippen LogP contribution >= 0.6 is 24.0 Å². The highest BCUT2D eigenvalue weighted by Gasteiger charge is 2.25. The molecular formula is C25H35IN4O2. The van der Waals surface area contributed by atoms with Crippen LogP contribution in [0.15, 0.2) is 59.6 Å². The Balaban J connectivity index is 0.00000289. The quantitative estimate of drug-likeness (QED) is 0.325. The van der Waals surface area contributed by atoms with Gasteiger partial charge < -0.3 is 19.7 Å². The summed E-state index contributed by atoms with van der Waals surface area (Å²) in [5, 5.41) is 3.53. The lowest BCUT2D eigenvalue weighted by atomic mass is 9.99. The summed E-state index contributed by atoms with van der Waals surface area (Å²) in [5.41, 5.74) is 2.62. The van der Waals surface area contributed by atoms with Gasteiger partial charge in [0.05, 0.1) is 13.2 Å². The van der Waals surface area contributed by atoms with E-state index in [2.05, 4.69) is 68.6 Å². The number of hydrogen-bond acceptors (Lipinski definition) is 4. The Hall–Kier alpha value is -1.84. The van der Waals surface area contributed by atoms with Crippen LogP contribution in [0.25, 0.3) is 0 Å². The number of likely N-dealkylation sites (tertiary alicyclic amines) is 1. The van der Waals surface area contributed by atoms with E-state index in [1.54, 1.807) is 0 Å². The van der Waals surface area contributed by atoms with E-state index < -0.39 is 0 Å². The number of aliphatic imine (C=N–C) groups is 1. The second kappa shape index (κ2) is 13.0. The smallest absolute Gasteiger partial charge is 0.193 e. The Morgan fingerprint density at radius 2 is 1.91 bits per heavy atom. The SMILES string of the molecule is CN=C(NCc1cccc(OCCN2CCOCC2)c1)N1CCC(c2ccccc2)C1.I. The van der Waals surface area contributed by atoms with Gasteiger partial charge in [-0.05, 0) is 29.7 Å². The van der Waals surface area contributed by atoms with Gasteiger partial charge in [0.1, 0.15) is 12.4 Å². The van der Waals surface area contributed by atoms with E-state index in [0.29, 0.717) is 12.5 Å². The highest BCUT2D eigenvalue weighted by molar-refractivity contribution is 14.0. The van der Waals surface area contributed by atoms with Gasteiger partial charge >= 0.3 is 0 Å². The molecule has 2 heterocycles. The first kappa shape index (κ1) is 24.8. The zero-order valence-corrected chi connectivity index (χ0v) is 21.2. The number of halogens is 1. The number of nitrogens with one attached hydrogen (secondary N) is 1. The van der Waals surface area contributed by atoms with Gasteiger partial charge in [0.2, 0.25) is 0 Å². The molecule has 2 saturated heterocycles. The van der Waals surface area contributed by atoms with E-state index in [9.17, 15) is 0 Å². The van der Waals surface area contributed by atoms with Crippen molar-refractivity contribution < 1.29 is 9.47 Å². The van der Waals surface area contributed by atoms with Gasteiger partial charge in [-0.15, -0.1) is 24.0 Å². The minimum absolute atomic E-state index is 0. The fraction of sp³-hybridized carbons (Fsp3) is 0.480. The maximum Gasteiger partial charge on any atom is 0.193 e. The molecule has 6 nitrogen and oxygen atoms in total. The Morgan fingerprint density at radius 3 is 2.69 bits per heavy atom. The molecule has 0 spiro atoms. The molecule has 2 aromatic rings. The largest absolute Gasteiger partial charge is 0.492 e. The van der Waals surface area contributed by atoms with Crippen LogP contribution in [0.5, 0.6) is 5.75 Å². The van der Waals surface area contributed by atoms with Gasteiger partial charge in [0, 0.05) is 52.2 Å². The van der Waals surface area contributed by atoms with Gasteiger partial charge in [0.15, 0.2) is 5.96 Å². The molecule has 2 aliphatic rings. The average Bonchev–Trinajstić information content (AvgIpc) is 3.31. The van der Waals surface area contributed by atoms with Crippen LogP contribution in [0.3, 0.4) is 0 Å². The molecule has 0 amide bonds. The van der Waals surface area contributed by atoms with E-state index in [0.717, 1.165) is 70.6 Å². The van der Waals surface area contributed by atoms with Crippen molar-refractivity contribution in [2.24, 2.45) is 4.99 Å². The summed E-state index contributed by atoms with van der Waals surface area (Å²) in [5.74, 6) is 2.47. The Bertz CT molecular complexity index is 843. The molecule has 0 aromatic heterocycles. The molecule has 7 heteroatoms. The summed E-state index contributed by atoms with van der Waals surface area (Å²) in [6.45, 7) is 8.06. The molecule has 0 aliphatic carbocycles. The van der Waals surface area contributed by atoms with Gasteiger partial charge in [-0.1, -0.05) is 42.5 Å². The molecule has 2 aliphatic heterocycles. The number of morpholine rings is 1. The zero-order chi connectivity index (χ0) is 21.3. The number of benzene rings is 2. The van der Waals surface area contributed by atoms with Crippen molar-refractivity contribution in [1.82, 2.24) is 15.1 Å². The summed E-state index contributed by atoms with van der Waals surface area (Å²) in [6, 6.07) is 19.1. The number of guanidine groups is 1. The third-order valence-electron chi connectivity index (χ3n) is 6.10. The van der Waals surface area contributed by atoms with Crippen molar-refractivity contribution in [3.63, 3.8) is 0 Å². The van der Waals surface area contributed by atoms with E-state index in [1.165, 1.54) is 11.1 Å². The monoisotopic (exact) mass is 550 g/mol. The number of ether oxygens (including phenoxy) is 2. The fourth-order valence-corrected chi connectivity index (χ4v) is 4.33. The predicted molar refractivity (Wildman–Crippen MR) is 140 cm³/mol. The van der Waals surface area contributed by atoms with Crippen molar-refractivity contribution in [1.29, 1.82) is 0 Å². The molecule has 0 bridgehead atoms. The van der Waals surface area contributed by atoms with E-state index in [4.69, 9.17) is 9.47 Å². The van der Waals surface area contributed by atoms with Crippen molar-refractivity contribution in [2.75, 3.05) is 59.6 Å². The number of rotatable bonds is 7. The van der Waals surface area contributed by atoms with Crippen LogP contribution in [0.1, 0.15) is 23.5 Å². The minimum atomic E-state index is 0. The lowest BCUT2D eigenvalue weighted by molar-refractivity contribution is 0.0322. The lowest BCUT2D eigenvalue weighted by Crippen LogP contribution is -2.39. The van der Waals surface area contributed by atoms with Crippen LogP contribution in [-0.2, 0) is 11.3 Å². The average molecular weight is 550 g/mol. The Morgan fingerprint density at radius 1 is 1.09 bits per heavy atom. The fourth-order valence-electron chi connectivity index (χ4n) is 4.33. The van der Waals surface area contributed by atoms with Crippen molar-refractivity contribution >= 4 is 29.9 Å². The highest BCUT2D eigenvalue weighted by Crippen LogP contribution is 2.27. The van der Waals surface area contributed by atoms with Gasteiger partial charge in [-0.3, -0.25) is 9.89 Å². The molecule has 0 radical (unpaired) electrons. The highest BCUT2D eigenvalue weighted by atomic mass is 127. The molecule has 2 aromatic carbocycles. The molecule has 0 saturated carbocycles. The summed E-state index contributed by atoms with van der Waals surface area (Å²) in [7, 11) is 1.86. The maximum atomic E-state index is 5.99. The molecule has 174 valence electrons. The molecular weight excluding hydrogens is 515 g/mol. The van der Waals surface area contributed by atoms with Crippen molar-refractivity contribution in [2.45, 2.75) is 18.9 Å². The second-order valence-electron chi connectivity index (χ2n) is 8.19. The maximum absolute atomic E-state index is 5.99. The summed E-state index contributed by atoms with van der Waals surface area (Å²) in [4.78, 5) is 9.27. The van der Waals surface area contributed by atoms with Crippen LogP contribution in [0.2, 0.25) is 0 Å². The topological polar surface area (TPSA) is 49.3 Å².